The Morgan fingerprint density at radius 3 is 2.60 bits per heavy atom. The summed E-state index contributed by atoms with van der Waals surface area (Å²) < 4.78 is 1.60. The fourth-order valence-electron chi connectivity index (χ4n) is 3.77. The summed E-state index contributed by atoms with van der Waals surface area (Å²) in [4.78, 5) is 32.8. The minimum atomic E-state index is -0.365. The van der Waals surface area contributed by atoms with Gasteiger partial charge >= 0.3 is 0 Å². The first-order valence-corrected chi connectivity index (χ1v) is 12.2. The van der Waals surface area contributed by atoms with Gasteiger partial charge in [-0.15, -0.1) is 11.3 Å². The Balaban J connectivity index is 1.75. The number of nitrogens with zero attached hydrogens (tertiary/aromatic N) is 2. The molecular formula is C22H24ClN3O2S2. The Bertz CT molecular complexity index is 1150. The number of benzene rings is 1. The number of thiophene rings is 1. The summed E-state index contributed by atoms with van der Waals surface area (Å²) in [5.74, 6) is -0.0116. The van der Waals surface area contributed by atoms with Gasteiger partial charge in [-0.1, -0.05) is 36.2 Å². The van der Waals surface area contributed by atoms with E-state index in [2.05, 4.69) is 5.32 Å². The minimum Gasteiger partial charge on any atom is -0.352 e. The molecule has 1 amide bonds. The van der Waals surface area contributed by atoms with Gasteiger partial charge in [-0.05, 0) is 63.4 Å². The molecule has 1 aliphatic rings. The van der Waals surface area contributed by atoms with Crippen molar-refractivity contribution >= 4 is 50.8 Å². The van der Waals surface area contributed by atoms with Crippen LogP contribution in [-0.4, -0.2) is 26.8 Å². The third kappa shape index (κ3) is 4.15. The van der Waals surface area contributed by atoms with E-state index < -0.39 is 0 Å². The first-order chi connectivity index (χ1) is 14.3. The summed E-state index contributed by atoms with van der Waals surface area (Å²) in [7, 11) is 0. The highest BCUT2D eigenvalue weighted by Gasteiger charge is 2.24. The van der Waals surface area contributed by atoms with Gasteiger partial charge in [-0.2, -0.15) is 0 Å². The number of hydrogen-bond donors (Lipinski definition) is 1. The van der Waals surface area contributed by atoms with Crippen LogP contribution in [0.5, 0.6) is 0 Å². The molecule has 4 rings (SSSR count). The maximum atomic E-state index is 13.5. The smallest absolute Gasteiger partial charge is 0.267 e. The van der Waals surface area contributed by atoms with Gasteiger partial charge in [0.25, 0.3) is 5.56 Å². The summed E-state index contributed by atoms with van der Waals surface area (Å²) in [5, 5.41) is 4.53. The van der Waals surface area contributed by atoms with Crippen molar-refractivity contribution in [2.75, 3.05) is 0 Å². The molecule has 0 radical (unpaired) electrons. The van der Waals surface area contributed by atoms with Crippen LogP contribution in [0.4, 0.5) is 0 Å². The second kappa shape index (κ2) is 8.73. The molecule has 1 fully saturated rings. The number of aryl methyl sites for hydroxylation is 2. The molecule has 2 heterocycles. The molecule has 3 aromatic rings. The van der Waals surface area contributed by atoms with E-state index in [9.17, 15) is 9.59 Å². The highest BCUT2D eigenvalue weighted by atomic mass is 35.5. The number of hydrogen-bond acceptors (Lipinski definition) is 5. The first-order valence-electron chi connectivity index (χ1n) is 10.1. The van der Waals surface area contributed by atoms with Crippen molar-refractivity contribution in [3.05, 3.63) is 50.1 Å². The molecule has 158 valence electrons. The van der Waals surface area contributed by atoms with E-state index in [0.29, 0.717) is 26.1 Å². The lowest BCUT2D eigenvalue weighted by Gasteiger charge is -2.18. The molecule has 30 heavy (non-hydrogen) atoms. The van der Waals surface area contributed by atoms with Crippen LogP contribution in [0, 0.1) is 13.8 Å². The van der Waals surface area contributed by atoms with Crippen molar-refractivity contribution in [1.82, 2.24) is 14.9 Å². The Morgan fingerprint density at radius 2 is 1.93 bits per heavy atom. The number of aromatic nitrogens is 2. The average Bonchev–Trinajstić information content (AvgIpc) is 3.31. The van der Waals surface area contributed by atoms with Crippen LogP contribution in [0.2, 0.25) is 5.02 Å². The topological polar surface area (TPSA) is 64.0 Å². The van der Waals surface area contributed by atoms with Crippen molar-refractivity contribution in [3.8, 4) is 5.69 Å². The number of rotatable bonds is 5. The molecule has 1 unspecified atom stereocenters. The number of carbonyl (C=O) groups is 1. The molecule has 0 bridgehead atoms. The Hall–Kier alpha value is -1.83. The predicted molar refractivity (Wildman–Crippen MR) is 125 cm³/mol. The van der Waals surface area contributed by atoms with Gasteiger partial charge in [0.15, 0.2) is 5.16 Å². The van der Waals surface area contributed by atoms with E-state index in [-0.39, 0.29) is 22.8 Å². The lowest BCUT2D eigenvalue weighted by Crippen LogP contribution is -2.38. The molecule has 1 aliphatic carbocycles. The van der Waals surface area contributed by atoms with Crippen molar-refractivity contribution in [2.24, 2.45) is 0 Å². The van der Waals surface area contributed by atoms with Crippen LogP contribution in [0.15, 0.2) is 34.2 Å². The number of halogens is 1. The summed E-state index contributed by atoms with van der Waals surface area (Å²) in [5.41, 5.74) is 1.53. The summed E-state index contributed by atoms with van der Waals surface area (Å²) in [6.07, 6.45) is 4.41. The van der Waals surface area contributed by atoms with Gasteiger partial charge in [0, 0.05) is 15.9 Å². The van der Waals surface area contributed by atoms with Crippen LogP contribution in [-0.2, 0) is 4.79 Å². The zero-order chi connectivity index (χ0) is 21.4. The molecule has 1 atom stereocenters. The zero-order valence-corrected chi connectivity index (χ0v) is 19.6. The van der Waals surface area contributed by atoms with E-state index in [0.717, 1.165) is 36.1 Å². The van der Waals surface area contributed by atoms with Crippen molar-refractivity contribution in [2.45, 2.75) is 62.9 Å². The molecule has 5 nitrogen and oxygen atoms in total. The summed E-state index contributed by atoms with van der Waals surface area (Å²) >= 11 is 8.88. The van der Waals surface area contributed by atoms with Crippen LogP contribution >= 0.6 is 34.7 Å². The average molecular weight is 462 g/mol. The van der Waals surface area contributed by atoms with Crippen LogP contribution in [0.3, 0.4) is 0 Å². The number of thioether (sulfide) groups is 1. The summed E-state index contributed by atoms with van der Waals surface area (Å²) in [6.45, 7) is 5.81. The predicted octanol–water partition coefficient (Wildman–Crippen LogP) is 5.26. The van der Waals surface area contributed by atoms with E-state index in [1.165, 1.54) is 23.1 Å². The normalized spacial score (nSPS) is 15.6. The molecule has 1 aromatic carbocycles. The number of fused-ring (bicyclic) bond motifs is 1. The SMILES string of the molecule is Cc1sc2nc(SC(C)C(=O)NC3CCCC3)n(-c3ccc(Cl)cc3)c(=O)c2c1C. The maximum absolute atomic E-state index is 13.5. The molecule has 0 spiro atoms. The number of carbonyl (C=O) groups excluding carboxylic acids is 1. The van der Waals surface area contributed by atoms with Crippen LogP contribution in [0.25, 0.3) is 15.9 Å². The molecular weight excluding hydrogens is 438 g/mol. The van der Waals surface area contributed by atoms with E-state index >= 15 is 0 Å². The maximum Gasteiger partial charge on any atom is 0.267 e. The minimum absolute atomic E-state index is 0.0116. The largest absolute Gasteiger partial charge is 0.352 e. The molecule has 0 aliphatic heterocycles. The van der Waals surface area contributed by atoms with Crippen molar-refractivity contribution in [1.29, 1.82) is 0 Å². The van der Waals surface area contributed by atoms with Gasteiger partial charge in [0.2, 0.25) is 5.91 Å². The number of nitrogens with one attached hydrogen (secondary N) is 1. The standard InChI is InChI=1S/C22H24ClN3O2S2/c1-12-13(2)29-20-18(12)21(28)26(17-10-8-15(23)9-11-17)22(25-20)30-14(3)19(27)24-16-6-4-5-7-16/h8-11,14,16H,4-7H2,1-3H3,(H,24,27). The van der Waals surface area contributed by atoms with Crippen LogP contribution in [0.1, 0.15) is 43.0 Å². The number of amides is 1. The van der Waals surface area contributed by atoms with Gasteiger partial charge in [-0.3, -0.25) is 14.2 Å². The van der Waals surface area contributed by atoms with E-state index in [4.69, 9.17) is 16.6 Å². The second-order valence-corrected chi connectivity index (χ2v) is 10.7. The van der Waals surface area contributed by atoms with Crippen molar-refractivity contribution in [3.63, 3.8) is 0 Å². The fourth-order valence-corrected chi connectivity index (χ4v) is 5.90. The molecule has 0 saturated heterocycles. The van der Waals surface area contributed by atoms with Gasteiger partial charge in [-0.25, -0.2) is 4.98 Å². The van der Waals surface area contributed by atoms with E-state index in [1.807, 2.05) is 20.8 Å². The summed E-state index contributed by atoms with van der Waals surface area (Å²) in [6, 6.07) is 7.38. The second-order valence-electron chi connectivity index (χ2n) is 7.72. The van der Waals surface area contributed by atoms with Crippen LogP contribution < -0.4 is 10.9 Å². The first kappa shape index (κ1) is 21.4. The third-order valence-corrected chi connectivity index (χ3v) is 8.02. The molecule has 1 saturated carbocycles. The lowest BCUT2D eigenvalue weighted by molar-refractivity contribution is -0.120. The molecule has 8 heteroatoms. The quantitative estimate of drug-likeness (QED) is 0.416. The third-order valence-electron chi connectivity index (χ3n) is 5.61. The van der Waals surface area contributed by atoms with Gasteiger partial charge < -0.3 is 5.32 Å². The van der Waals surface area contributed by atoms with Gasteiger partial charge in [0.05, 0.1) is 16.3 Å². The Morgan fingerprint density at radius 1 is 1.27 bits per heavy atom. The lowest BCUT2D eigenvalue weighted by atomic mass is 10.2. The Labute approximate surface area is 188 Å². The monoisotopic (exact) mass is 461 g/mol. The molecule has 1 N–H and O–H groups in total. The highest BCUT2D eigenvalue weighted by molar-refractivity contribution is 8.00. The zero-order valence-electron chi connectivity index (χ0n) is 17.2. The Kier molecular flexibility index (Phi) is 6.23. The fraction of sp³-hybridized carbons (Fsp3) is 0.409. The van der Waals surface area contributed by atoms with Gasteiger partial charge in [0.1, 0.15) is 4.83 Å². The van der Waals surface area contributed by atoms with E-state index in [1.54, 1.807) is 28.8 Å². The highest BCUT2D eigenvalue weighted by Crippen LogP contribution is 2.31. The van der Waals surface area contributed by atoms with Crippen molar-refractivity contribution < 1.29 is 4.79 Å². The molecule has 2 aromatic heterocycles.